The predicted molar refractivity (Wildman–Crippen MR) is 63.4 cm³/mol. The number of alkyl halides is 2. The fourth-order valence-electron chi connectivity index (χ4n) is 2.57. The molecule has 0 spiro atoms. The van der Waals surface area contributed by atoms with Crippen molar-refractivity contribution >= 4 is 0 Å². The lowest BCUT2D eigenvalue weighted by molar-refractivity contribution is -0.0497. The van der Waals surface area contributed by atoms with Gasteiger partial charge in [-0.05, 0) is 36.5 Å². The Hall–Kier alpha value is -1.07. The number of hydrazine groups is 1. The first-order chi connectivity index (χ1) is 8.52. The monoisotopic (exact) mass is 258 g/mol. The topological polar surface area (TPSA) is 38.0 Å². The molecule has 0 radical (unpaired) electrons. The second kappa shape index (κ2) is 5.28. The minimum absolute atomic E-state index is 0.0695. The van der Waals surface area contributed by atoms with E-state index in [4.69, 9.17) is 5.84 Å². The van der Waals surface area contributed by atoms with E-state index in [-0.39, 0.29) is 30.6 Å². The largest absolute Gasteiger partial charge is 0.271 e. The van der Waals surface area contributed by atoms with Crippen molar-refractivity contribution in [2.24, 2.45) is 11.8 Å². The SMILES string of the molecule is NNC(c1ccc(F)cc1)C1CCC(F)(F)CC1. The van der Waals surface area contributed by atoms with Gasteiger partial charge in [-0.2, -0.15) is 0 Å². The predicted octanol–water partition coefficient (Wildman–Crippen LogP) is 3.16. The van der Waals surface area contributed by atoms with Crippen molar-refractivity contribution in [1.29, 1.82) is 0 Å². The number of halogens is 3. The number of hydrogen-bond acceptors (Lipinski definition) is 2. The highest BCUT2D eigenvalue weighted by Gasteiger charge is 2.37. The Labute approximate surface area is 104 Å². The normalized spacial score (nSPS) is 21.8. The van der Waals surface area contributed by atoms with Crippen molar-refractivity contribution in [2.75, 3.05) is 0 Å². The second-order valence-electron chi connectivity index (χ2n) is 4.89. The Morgan fingerprint density at radius 3 is 2.22 bits per heavy atom. The molecule has 0 saturated heterocycles. The smallest absolute Gasteiger partial charge is 0.248 e. The molecule has 2 nitrogen and oxygen atoms in total. The average molecular weight is 258 g/mol. The van der Waals surface area contributed by atoms with E-state index in [0.29, 0.717) is 12.8 Å². The lowest BCUT2D eigenvalue weighted by Gasteiger charge is -2.33. The molecule has 1 aromatic carbocycles. The van der Waals surface area contributed by atoms with E-state index >= 15 is 0 Å². The van der Waals surface area contributed by atoms with Crippen LogP contribution in [-0.4, -0.2) is 5.92 Å². The maximum atomic E-state index is 13.1. The summed E-state index contributed by atoms with van der Waals surface area (Å²) in [5, 5.41) is 0. The Balaban J connectivity index is 2.08. The van der Waals surface area contributed by atoms with Crippen molar-refractivity contribution in [3.63, 3.8) is 0 Å². The van der Waals surface area contributed by atoms with Crippen LogP contribution in [0.25, 0.3) is 0 Å². The summed E-state index contributed by atoms with van der Waals surface area (Å²) in [4.78, 5) is 0. The number of nitrogens with two attached hydrogens (primary N) is 1. The van der Waals surface area contributed by atoms with E-state index in [2.05, 4.69) is 5.43 Å². The Kier molecular flexibility index (Phi) is 3.92. The van der Waals surface area contributed by atoms with E-state index in [0.717, 1.165) is 5.56 Å². The summed E-state index contributed by atoms with van der Waals surface area (Å²) in [6.07, 6.45) is 0.659. The van der Waals surface area contributed by atoms with Crippen LogP contribution in [-0.2, 0) is 0 Å². The Bertz CT molecular complexity index is 382. The number of benzene rings is 1. The first kappa shape index (κ1) is 13.4. The third-order valence-electron chi connectivity index (χ3n) is 3.64. The van der Waals surface area contributed by atoms with Crippen LogP contribution in [0.3, 0.4) is 0 Å². The van der Waals surface area contributed by atoms with E-state index in [1.807, 2.05) is 0 Å². The number of rotatable bonds is 3. The standard InChI is InChI=1S/C13H17F3N2/c14-11-3-1-9(2-4-11)12(18-17)10-5-7-13(15,16)8-6-10/h1-4,10,12,18H,5-8,17H2. The van der Waals surface area contributed by atoms with Gasteiger partial charge in [0.25, 0.3) is 0 Å². The van der Waals surface area contributed by atoms with Crippen LogP contribution >= 0.6 is 0 Å². The van der Waals surface area contributed by atoms with Crippen LogP contribution in [0.1, 0.15) is 37.3 Å². The van der Waals surface area contributed by atoms with Gasteiger partial charge < -0.3 is 0 Å². The van der Waals surface area contributed by atoms with Gasteiger partial charge in [0.2, 0.25) is 5.92 Å². The van der Waals surface area contributed by atoms with Gasteiger partial charge in [0, 0.05) is 18.9 Å². The molecule has 1 atom stereocenters. The molecule has 0 bridgehead atoms. The zero-order valence-corrected chi connectivity index (χ0v) is 10.0. The molecule has 1 unspecified atom stereocenters. The minimum Gasteiger partial charge on any atom is -0.271 e. The number of nitrogens with one attached hydrogen (secondary N) is 1. The van der Waals surface area contributed by atoms with Crippen molar-refractivity contribution in [1.82, 2.24) is 5.43 Å². The van der Waals surface area contributed by atoms with Crippen LogP contribution in [0.5, 0.6) is 0 Å². The summed E-state index contributed by atoms with van der Waals surface area (Å²) in [6, 6.07) is 5.81. The molecular formula is C13H17F3N2. The molecule has 1 fully saturated rings. The molecule has 2 rings (SSSR count). The summed E-state index contributed by atoms with van der Waals surface area (Å²) < 4.78 is 39.0. The van der Waals surface area contributed by atoms with Crippen LogP contribution in [0.2, 0.25) is 0 Å². The fourth-order valence-corrected chi connectivity index (χ4v) is 2.57. The van der Waals surface area contributed by atoms with E-state index in [1.54, 1.807) is 12.1 Å². The third kappa shape index (κ3) is 3.03. The Morgan fingerprint density at radius 1 is 1.17 bits per heavy atom. The molecule has 0 heterocycles. The molecule has 0 aromatic heterocycles. The zero-order chi connectivity index (χ0) is 13.2. The van der Waals surface area contributed by atoms with E-state index in [9.17, 15) is 13.2 Å². The van der Waals surface area contributed by atoms with Gasteiger partial charge in [0.05, 0.1) is 0 Å². The molecule has 0 amide bonds. The highest BCUT2D eigenvalue weighted by Crippen LogP contribution is 2.41. The van der Waals surface area contributed by atoms with Gasteiger partial charge in [-0.1, -0.05) is 12.1 Å². The summed E-state index contributed by atoms with van der Waals surface area (Å²) in [6.45, 7) is 0. The first-order valence-electron chi connectivity index (χ1n) is 6.11. The molecular weight excluding hydrogens is 241 g/mol. The quantitative estimate of drug-likeness (QED) is 0.645. The summed E-state index contributed by atoms with van der Waals surface area (Å²) in [5.41, 5.74) is 3.51. The van der Waals surface area contributed by atoms with Crippen LogP contribution < -0.4 is 11.3 Å². The maximum absolute atomic E-state index is 13.1. The molecule has 1 aliphatic rings. The molecule has 0 aliphatic heterocycles. The van der Waals surface area contributed by atoms with Crippen LogP contribution in [0, 0.1) is 11.7 Å². The van der Waals surface area contributed by atoms with Crippen molar-refractivity contribution in [3.8, 4) is 0 Å². The molecule has 18 heavy (non-hydrogen) atoms. The van der Waals surface area contributed by atoms with Crippen molar-refractivity contribution < 1.29 is 13.2 Å². The first-order valence-corrected chi connectivity index (χ1v) is 6.11. The summed E-state index contributed by atoms with van der Waals surface area (Å²) >= 11 is 0. The molecule has 3 N–H and O–H groups in total. The van der Waals surface area contributed by atoms with Gasteiger partial charge in [0.1, 0.15) is 5.82 Å². The van der Waals surface area contributed by atoms with Gasteiger partial charge in [-0.3, -0.25) is 11.3 Å². The van der Waals surface area contributed by atoms with E-state index < -0.39 is 5.92 Å². The summed E-state index contributed by atoms with van der Waals surface area (Å²) in [5.74, 6) is 2.72. The van der Waals surface area contributed by atoms with Gasteiger partial charge in [0.15, 0.2) is 0 Å². The van der Waals surface area contributed by atoms with Gasteiger partial charge >= 0.3 is 0 Å². The van der Waals surface area contributed by atoms with E-state index in [1.165, 1.54) is 12.1 Å². The number of hydrogen-bond donors (Lipinski definition) is 2. The lowest BCUT2D eigenvalue weighted by Crippen LogP contribution is -2.37. The summed E-state index contributed by atoms with van der Waals surface area (Å²) in [7, 11) is 0. The van der Waals surface area contributed by atoms with Crippen LogP contribution in [0.4, 0.5) is 13.2 Å². The molecule has 1 aliphatic carbocycles. The fraction of sp³-hybridized carbons (Fsp3) is 0.538. The molecule has 5 heteroatoms. The highest BCUT2D eigenvalue weighted by atomic mass is 19.3. The van der Waals surface area contributed by atoms with Gasteiger partial charge in [-0.25, -0.2) is 13.2 Å². The third-order valence-corrected chi connectivity index (χ3v) is 3.64. The average Bonchev–Trinajstić information content (AvgIpc) is 2.34. The Morgan fingerprint density at radius 2 is 1.72 bits per heavy atom. The minimum atomic E-state index is -2.54. The maximum Gasteiger partial charge on any atom is 0.248 e. The highest BCUT2D eigenvalue weighted by molar-refractivity contribution is 5.20. The van der Waals surface area contributed by atoms with Crippen molar-refractivity contribution in [3.05, 3.63) is 35.6 Å². The second-order valence-corrected chi connectivity index (χ2v) is 4.89. The van der Waals surface area contributed by atoms with Gasteiger partial charge in [-0.15, -0.1) is 0 Å². The molecule has 1 saturated carbocycles. The lowest BCUT2D eigenvalue weighted by atomic mass is 9.80. The molecule has 100 valence electrons. The van der Waals surface area contributed by atoms with Crippen molar-refractivity contribution in [2.45, 2.75) is 37.6 Å². The van der Waals surface area contributed by atoms with Crippen LogP contribution in [0.15, 0.2) is 24.3 Å². The zero-order valence-electron chi connectivity index (χ0n) is 10.0. The molecule has 1 aromatic rings.